The van der Waals surface area contributed by atoms with Gasteiger partial charge in [-0.25, -0.2) is 17.5 Å². The Morgan fingerprint density at radius 2 is 1.96 bits per heavy atom. The number of benzene rings is 2. The van der Waals surface area contributed by atoms with Gasteiger partial charge in [-0.1, -0.05) is 23.7 Å². The maximum atomic E-state index is 13.6. The van der Waals surface area contributed by atoms with Crippen LogP contribution in [0.5, 0.6) is 0 Å². The highest BCUT2D eigenvalue weighted by atomic mass is 35.5. The summed E-state index contributed by atoms with van der Waals surface area (Å²) in [6.07, 6.45) is 0. The SMILES string of the molecule is N#Cc1ccccc1S(=O)(=O)NCC(=O)Nc1ccc(Cl)cc1F. The van der Waals surface area contributed by atoms with Crippen molar-refractivity contribution in [2.75, 3.05) is 11.9 Å². The molecule has 0 radical (unpaired) electrons. The molecule has 2 aromatic rings. The lowest BCUT2D eigenvalue weighted by Crippen LogP contribution is -2.33. The van der Waals surface area contributed by atoms with E-state index in [-0.39, 0.29) is 21.2 Å². The molecule has 1 amide bonds. The van der Waals surface area contributed by atoms with Gasteiger partial charge in [0, 0.05) is 5.02 Å². The minimum absolute atomic E-state index is 0.0471. The Labute approximate surface area is 142 Å². The average molecular weight is 368 g/mol. The Hall–Kier alpha value is -2.47. The number of carbonyl (C=O) groups is 1. The zero-order valence-corrected chi connectivity index (χ0v) is 13.7. The second-order valence-corrected chi connectivity index (χ2v) is 6.78. The van der Waals surface area contributed by atoms with E-state index in [1.165, 1.54) is 36.4 Å². The van der Waals surface area contributed by atoms with E-state index >= 15 is 0 Å². The Balaban J connectivity index is 2.07. The number of rotatable bonds is 5. The molecule has 124 valence electrons. The standard InChI is InChI=1S/C15H11ClFN3O3S/c16-11-5-6-13(12(17)7-11)20-15(21)9-19-24(22,23)14-4-2-1-3-10(14)8-18/h1-7,19H,9H2,(H,20,21). The molecule has 0 fully saturated rings. The van der Waals surface area contributed by atoms with Gasteiger partial charge in [0.25, 0.3) is 0 Å². The molecule has 0 bridgehead atoms. The Kier molecular flexibility index (Phi) is 5.51. The van der Waals surface area contributed by atoms with Gasteiger partial charge in [-0.2, -0.15) is 5.26 Å². The summed E-state index contributed by atoms with van der Waals surface area (Å²) in [6, 6.07) is 11.0. The van der Waals surface area contributed by atoms with Gasteiger partial charge < -0.3 is 5.32 Å². The molecule has 2 rings (SSSR count). The van der Waals surface area contributed by atoms with Gasteiger partial charge in [0.05, 0.1) is 22.7 Å². The van der Waals surface area contributed by atoms with Crippen LogP contribution in [-0.4, -0.2) is 20.9 Å². The van der Waals surface area contributed by atoms with Crippen LogP contribution in [0.2, 0.25) is 5.02 Å². The number of hydrogen-bond donors (Lipinski definition) is 2. The molecule has 24 heavy (non-hydrogen) atoms. The molecule has 0 unspecified atom stereocenters. The Morgan fingerprint density at radius 3 is 2.62 bits per heavy atom. The number of amides is 1. The molecular weight excluding hydrogens is 357 g/mol. The predicted molar refractivity (Wildman–Crippen MR) is 86.4 cm³/mol. The minimum atomic E-state index is -4.06. The number of anilines is 1. The highest BCUT2D eigenvalue weighted by Gasteiger charge is 2.19. The number of nitrogens with one attached hydrogen (secondary N) is 2. The minimum Gasteiger partial charge on any atom is -0.322 e. The van der Waals surface area contributed by atoms with Crippen LogP contribution in [0.25, 0.3) is 0 Å². The maximum absolute atomic E-state index is 13.6. The van der Waals surface area contributed by atoms with Gasteiger partial charge in [0.15, 0.2) is 0 Å². The molecule has 0 atom stereocenters. The summed E-state index contributed by atoms with van der Waals surface area (Å²) < 4.78 is 39.9. The van der Waals surface area contributed by atoms with Crippen LogP contribution < -0.4 is 10.0 Å². The van der Waals surface area contributed by atoms with Crippen LogP contribution in [0.3, 0.4) is 0 Å². The van der Waals surface area contributed by atoms with Gasteiger partial charge in [-0.3, -0.25) is 4.79 Å². The Morgan fingerprint density at radius 1 is 1.25 bits per heavy atom. The summed E-state index contributed by atoms with van der Waals surface area (Å²) in [7, 11) is -4.06. The number of hydrogen-bond acceptors (Lipinski definition) is 4. The van der Waals surface area contributed by atoms with E-state index in [4.69, 9.17) is 16.9 Å². The van der Waals surface area contributed by atoms with Crippen molar-refractivity contribution in [1.29, 1.82) is 5.26 Å². The molecule has 0 saturated heterocycles. The third kappa shape index (κ3) is 4.29. The molecular formula is C15H11ClFN3O3S. The second-order valence-electron chi connectivity index (χ2n) is 4.60. The van der Waals surface area contributed by atoms with E-state index < -0.39 is 28.3 Å². The second kappa shape index (κ2) is 7.40. The van der Waals surface area contributed by atoms with Crippen molar-refractivity contribution in [3.8, 4) is 6.07 Å². The van der Waals surface area contributed by atoms with Crippen LogP contribution in [0, 0.1) is 17.1 Å². The third-order valence-corrected chi connectivity index (χ3v) is 4.62. The molecule has 0 aliphatic rings. The number of carbonyl (C=O) groups excluding carboxylic acids is 1. The van der Waals surface area contributed by atoms with E-state index in [1.807, 2.05) is 0 Å². The van der Waals surface area contributed by atoms with Crippen molar-refractivity contribution in [3.05, 3.63) is 58.9 Å². The average Bonchev–Trinajstić information content (AvgIpc) is 2.55. The Bertz CT molecular complexity index is 926. The van der Waals surface area contributed by atoms with Gasteiger partial charge >= 0.3 is 0 Å². The molecule has 0 aromatic heterocycles. The lowest BCUT2D eigenvalue weighted by Gasteiger charge is -2.09. The topological polar surface area (TPSA) is 99.1 Å². The molecule has 0 aliphatic carbocycles. The number of sulfonamides is 1. The number of nitriles is 1. The molecule has 2 aromatic carbocycles. The van der Waals surface area contributed by atoms with Crippen molar-refractivity contribution < 1.29 is 17.6 Å². The molecule has 0 heterocycles. The van der Waals surface area contributed by atoms with Crippen molar-refractivity contribution in [2.24, 2.45) is 0 Å². The first-order chi connectivity index (χ1) is 11.3. The van der Waals surface area contributed by atoms with Crippen molar-refractivity contribution in [1.82, 2.24) is 4.72 Å². The van der Waals surface area contributed by atoms with Crippen molar-refractivity contribution in [3.63, 3.8) is 0 Å². The summed E-state index contributed by atoms with van der Waals surface area (Å²) in [5.41, 5.74) is -0.171. The zero-order valence-electron chi connectivity index (χ0n) is 12.1. The van der Waals surface area contributed by atoms with E-state index in [2.05, 4.69) is 10.0 Å². The zero-order chi connectivity index (χ0) is 17.7. The van der Waals surface area contributed by atoms with Crippen LogP contribution in [0.15, 0.2) is 47.4 Å². The normalized spacial score (nSPS) is 10.9. The molecule has 0 saturated carbocycles. The van der Waals surface area contributed by atoms with Gasteiger partial charge in [-0.05, 0) is 30.3 Å². The summed E-state index contributed by atoms with van der Waals surface area (Å²) in [4.78, 5) is 11.5. The number of halogens is 2. The van der Waals surface area contributed by atoms with Crippen LogP contribution in [0.4, 0.5) is 10.1 Å². The first kappa shape index (κ1) is 17.9. The van der Waals surface area contributed by atoms with Crippen LogP contribution in [0.1, 0.15) is 5.56 Å². The molecule has 6 nitrogen and oxygen atoms in total. The summed E-state index contributed by atoms with van der Waals surface area (Å²) in [5.74, 6) is -1.51. The summed E-state index contributed by atoms with van der Waals surface area (Å²) in [6.45, 7) is -0.621. The van der Waals surface area contributed by atoms with E-state index in [9.17, 15) is 17.6 Å². The molecule has 0 aliphatic heterocycles. The predicted octanol–water partition coefficient (Wildman–Crippen LogP) is 2.27. The van der Waals surface area contributed by atoms with Gasteiger partial charge in [-0.15, -0.1) is 0 Å². The molecule has 9 heteroatoms. The fourth-order valence-corrected chi connectivity index (χ4v) is 3.11. The van der Waals surface area contributed by atoms with Crippen LogP contribution >= 0.6 is 11.6 Å². The fraction of sp³-hybridized carbons (Fsp3) is 0.0667. The lowest BCUT2D eigenvalue weighted by molar-refractivity contribution is -0.115. The smallest absolute Gasteiger partial charge is 0.242 e. The largest absolute Gasteiger partial charge is 0.322 e. The van der Waals surface area contributed by atoms with Gasteiger partial charge in [0.1, 0.15) is 11.9 Å². The first-order valence-corrected chi connectivity index (χ1v) is 8.43. The van der Waals surface area contributed by atoms with E-state index in [1.54, 1.807) is 6.07 Å². The molecule has 2 N–H and O–H groups in total. The first-order valence-electron chi connectivity index (χ1n) is 6.57. The highest BCUT2D eigenvalue weighted by Crippen LogP contribution is 2.19. The highest BCUT2D eigenvalue weighted by molar-refractivity contribution is 7.89. The van der Waals surface area contributed by atoms with Crippen molar-refractivity contribution >= 4 is 33.2 Å². The van der Waals surface area contributed by atoms with Crippen molar-refractivity contribution in [2.45, 2.75) is 4.90 Å². The molecule has 0 spiro atoms. The quantitative estimate of drug-likeness (QED) is 0.846. The van der Waals surface area contributed by atoms with Crippen LogP contribution in [-0.2, 0) is 14.8 Å². The summed E-state index contributed by atoms with van der Waals surface area (Å²) in [5, 5.41) is 11.3. The third-order valence-electron chi connectivity index (χ3n) is 2.92. The lowest BCUT2D eigenvalue weighted by atomic mass is 10.2. The van der Waals surface area contributed by atoms with Gasteiger partial charge in [0.2, 0.25) is 15.9 Å². The number of nitrogens with zero attached hydrogens (tertiary/aromatic N) is 1. The van der Waals surface area contributed by atoms with E-state index in [0.717, 1.165) is 6.07 Å². The maximum Gasteiger partial charge on any atom is 0.242 e. The fourth-order valence-electron chi connectivity index (χ4n) is 1.82. The van der Waals surface area contributed by atoms with E-state index in [0.29, 0.717) is 0 Å². The monoisotopic (exact) mass is 367 g/mol. The summed E-state index contributed by atoms with van der Waals surface area (Å²) >= 11 is 5.60.